The molecule has 0 radical (unpaired) electrons. The summed E-state index contributed by atoms with van der Waals surface area (Å²) in [5.74, 6) is 0.591. The van der Waals surface area contributed by atoms with Crippen molar-refractivity contribution in [2.45, 2.75) is 57.6 Å². The molecular formula is C13H20N2O3. The molecule has 1 aromatic heterocycles. The zero-order valence-electron chi connectivity index (χ0n) is 10.7. The second-order valence-corrected chi connectivity index (χ2v) is 5.09. The maximum Gasteiger partial charge on any atom is 0.223 e. The van der Waals surface area contributed by atoms with Crippen LogP contribution in [0.2, 0.25) is 0 Å². The van der Waals surface area contributed by atoms with Crippen LogP contribution >= 0.6 is 0 Å². The van der Waals surface area contributed by atoms with Crippen LogP contribution in [0, 0.1) is 6.92 Å². The van der Waals surface area contributed by atoms with Crippen LogP contribution in [0.1, 0.15) is 50.0 Å². The third-order valence-corrected chi connectivity index (χ3v) is 3.57. The summed E-state index contributed by atoms with van der Waals surface area (Å²) in [4.78, 5) is 15.8. The highest BCUT2D eigenvalue weighted by molar-refractivity contribution is 5.77. The largest absolute Gasteiger partial charge is 0.448 e. The number of rotatable bonds is 4. The molecule has 1 aromatic rings. The summed E-state index contributed by atoms with van der Waals surface area (Å²) in [6.45, 7) is 2.17. The Bertz CT molecular complexity index is 408. The van der Waals surface area contributed by atoms with Crippen LogP contribution in [-0.2, 0) is 11.3 Å². The van der Waals surface area contributed by atoms with Crippen LogP contribution in [-0.4, -0.2) is 21.6 Å². The molecule has 1 fully saturated rings. The van der Waals surface area contributed by atoms with Crippen LogP contribution in [0.3, 0.4) is 0 Å². The summed E-state index contributed by atoms with van der Waals surface area (Å²) in [6, 6.07) is 0. The fourth-order valence-corrected chi connectivity index (χ4v) is 2.43. The van der Waals surface area contributed by atoms with Crippen molar-refractivity contribution < 1.29 is 14.3 Å². The fourth-order valence-electron chi connectivity index (χ4n) is 2.43. The molecule has 0 unspecified atom stereocenters. The molecule has 0 saturated heterocycles. The number of carbonyl (C=O) groups is 1. The first-order valence-electron chi connectivity index (χ1n) is 6.47. The van der Waals surface area contributed by atoms with Gasteiger partial charge in [-0.25, -0.2) is 4.98 Å². The predicted octanol–water partition coefficient (Wildman–Crippen LogP) is 1.68. The highest BCUT2D eigenvalue weighted by Crippen LogP contribution is 2.30. The van der Waals surface area contributed by atoms with E-state index in [1.807, 2.05) is 6.92 Å². The summed E-state index contributed by atoms with van der Waals surface area (Å²) in [6.07, 6.45) is 6.17. The summed E-state index contributed by atoms with van der Waals surface area (Å²) in [5.41, 5.74) is -0.0692. The Morgan fingerprint density at radius 3 is 2.83 bits per heavy atom. The van der Waals surface area contributed by atoms with Crippen LogP contribution in [0.25, 0.3) is 0 Å². The van der Waals surface area contributed by atoms with E-state index in [0.29, 0.717) is 12.3 Å². The Kier molecular flexibility index (Phi) is 4.01. The highest BCUT2D eigenvalue weighted by Gasteiger charge is 2.31. The molecule has 5 heteroatoms. The van der Waals surface area contributed by atoms with Gasteiger partial charge in [-0.15, -0.1) is 0 Å². The van der Waals surface area contributed by atoms with Crippen molar-refractivity contribution in [1.29, 1.82) is 0 Å². The summed E-state index contributed by atoms with van der Waals surface area (Å²) >= 11 is 0. The van der Waals surface area contributed by atoms with Crippen LogP contribution in [0.4, 0.5) is 0 Å². The number of hydrogen-bond donors (Lipinski definition) is 2. The van der Waals surface area contributed by atoms with Gasteiger partial charge in [0.15, 0.2) is 6.39 Å². The number of carbonyl (C=O) groups excluding carboxylic acids is 1. The molecule has 0 aromatic carbocycles. The predicted molar refractivity (Wildman–Crippen MR) is 65.7 cm³/mol. The Labute approximate surface area is 107 Å². The van der Waals surface area contributed by atoms with Gasteiger partial charge in [0.2, 0.25) is 5.91 Å². The van der Waals surface area contributed by atoms with Crippen molar-refractivity contribution in [2.24, 2.45) is 0 Å². The molecule has 0 spiro atoms. The monoisotopic (exact) mass is 252 g/mol. The number of hydrogen-bond acceptors (Lipinski definition) is 4. The first-order chi connectivity index (χ1) is 8.59. The van der Waals surface area contributed by atoms with Crippen molar-refractivity contribution in [2.75, 3.05) is 0 Å². The number of oxazole rings is 1. The third-order valence-electron chi connectivity index (χ3n) is 3.57. The lowest BCUT2D eigenvalue weighted by Crippen LogP contribution is -2.38. The van der Waals surface area contributed by atoms with E-state index in [1.165, 1.54) is 6.39 Å². The van der Waals surface area contributed by atoms with Gasteiger partial charge in [-0.05, 0) is 19.8 Å². The molecule has 0 atom stereocenters. The molecule has 100 valence electrons. The van der Waals surface area contributed by atoms with Crippen LogP contribution in [0.15, 0.2) is 10.8 Å². The number of aliphatic hydroxyl groups is 1. The van der Waals surface area contributed by atoms with Gasteiger partial charge in [-0.2, -0.15) is 0 Å². The number of nitrogens with zero attached hydrogens (tertiary/aromatic N) is 1. The zero-order valence-corrected chi connectivity index (χ0v) is 10.7. The second-order valence-electron chi connectivity index (χ2n) is 5.09. The van der Waals surface area contributed by atoms with Crippen molar-refractivity contribution in [1.82, 2.24) is 10.3 Å². The van der Waals surface area contributed by atoms with E-state index < -0.39 is 5.60 Å². The molecule has 1 aliphatic rings. The minimum atomic E-state index is -0.804. The maximum absolute atomic E-state index is 11.8. The molecule has 2 rings (SSSR count). The first-order valence-corrected chi connectivity index (χ1v) is 6.47. The molecule has 2 N–H and O–H groups in total. The molecule has 1 heterocycles. The van der Waals surface area contributed by atoms with Crippen molar-refractivity contribution >= 4 is 5.91 Å². The number of nitrogens with one attached hydrogen (secondary N) is 1. The zero-order chi connectivity index (χ0) is 13.0. The maximum atomic E-state index is 11.8. The Morgan fingerprint density at radius 1 is 1.50 bits per heavy atom. The number of amides is 1. The van der Waals surface area contributed by atoms with Gasteiger partial charge >= 0.3 is 0 Å². The van der Waals surface area contributed by atoms with E-state index in [9.17, 15) is 9.90 Å². The number of aromatic nitrogens is 1. The van der Waals surface area contributed by atoms with Crippen molar-refractivity contribution in [3.63, 3.8) is 0 Å². The lowest BCUT2D eigenvalue weighted by molar-refractivity contribution is -0.127. The van der Waals surface area contributed by atoms with Gasteiger partial charge in [-0.3, -0.25) is 4.79 Å². The molecule has 1 aliphatic carbocycles. The SMILES string of the molecule is Cc1ocnc1CNC(=O)CC1(O)CCCCC1. The van der Waals surface area contributed by atoms with E-state index >= 15 is 0 Å². The molecule has 5 nitrogen and oxygen atoms in total. The quantitative estimate of drug-likeness (QED) is 0.855. The topological polar surface area (TPSA) is 75.4 Å². The molecule has 0 aliphatic heterocycles. The number of aryl methyl sites for hydroxylation is 1. The summed E-state index contributed by atoms with van der Waals surface area (Å²) in [5, 5.41) is 13.0. The van der Waals surface area contributed by atoms with Gasteiger partial charge in [0.25, 0.3) is 0 Å². The van der Waals surface area contributed by atoms with Gasteiger partial charge in [0.1, 0.15) is 11.5 Å². The Morgan fingerprint density at radius 2 is 2.22 bits per heavy atom. The lowest BCUT2D eigenvalue weighted by Gasteiger charge is -2.31. The third kappa shape index (κ3) is 3.32. The van der Waals surface area contributed by atoms with Gasteiger partial charge in [0.05, 0.1) is 18.6 Å². The van der Waals surface area contributed by atoms with Crippen molar-refractivity contribution in [3.05, 3.63) is 17.8 Å². The van der Waals surface area contributed by atoms with Gasteiger partial charge in [-0.1, -0.05) is 19.3 Å². The molecule has 18 heavy (non-hydrogen) atoms. The van der Waals surface area contributed by atoms with E-state index in [2.05, 4.69) is 10.3 Å². The average Bonchev–Trinajstić information content (AvgIpc) is 2.72. The summed E-state index contributed by atoms with van der Waals surface area (Å²) in [7, 11) is 0. The normalized spacial score (nSPS) is 18.6. The van der Waals surface area contributed by atoms with E-state index in [1.54, 1.807) is 0 Å². The second kappa shape index (κ2) is 5.52. The van der Waals surface area contributed by atoms with E-state index in [0.717, 1.165) is 37.8 Å². The van der Waals surface area contributed by atoms with Gasteiger partial charge in [0, 0.05) is 0 Å². The fraction of sp³-hybridized carbons (Fsp3) is 0.692. The minimum Gasteiger partial charge on any atom is -0.448 e. The molecule has 1 saturated carbocycles. The Balaban J connectivity index is 1.80. The average molecular weight is 252 g/mol. The Hall–Kier alpha value is -1.36. The minimum absolute atomic E-state index is 0.123. The van der Waals surface area contributed by atoms with Gasteiger partial charge < -0.3 is 14.8 Å². The molecule has 0 bridgehead atoms. The summed E-state index contributed by atoms with van der Waals surface area (Å²) < 4.78 is 5.05. The van der Waals surface area contributed by atoms with E-state index in [4.69, 9.17) is 4.42 Å². The van der Waals surface area contributed by atoms with Crippen LogP contribution < -0.4 is 5.32 Å². The van der Waals surface area contributed by atoms with Crippen molar-refractivity contribution in [3.8, 4) is 0 Å². The standard InChI is InChI=1S/C13H20N2O3/c1-10-11(15-9-18-10)8-14-12(16)7-13(17)5-3-2-4-6-13/h9,17H,2-8H2,1H3,(H,14,16). The molecular weight excluding hydrogens is 232 g/mol. The first kappa shape index (κ1) is 13.1. The van der Waals surface area contributed by atoms with Crippen LogP contribution in [0.5, 0.6) is 0 Å². The highest BCUT2D eigenvalue weighted by atomic mass is 16.3. The van der Waals surface area contributed by atoms with E-state index in [-0.39, 0.29) is 12.3 Å². The molecule has 1 amide bonds. The smallest absolute Gasteiger partial charge is 0.223 e. The lowest BCUT2D eigenvalue weighted by atomic mass is 9.82.